The molecule has 86 valence electrons. The Labute approximate surface area is 97.9 Å². The summed E-state index contributed by atoms with van der Waals surface area (Å²) in [5.41, 5.74) is 3.91. The van der Waals surface area contributed by atoms with E-state index in [0.717, 1.165) is 25.0 Å². The SMILES string of the molecule is COc1ccc(CCCCC#N)c(C)c1C. The fourth-order valence-corrected chi connectivity index (χ4v) is 1.86. The number of hydrogen-bond acceptors (Lipinski definition) is 2. The molecule has 0 spiro atoms. The van der Waals surface area contributed by atoms with E-state index in [9.17, 15) is 0 Å². The minimum atomic E-state index is 0.661. The topological polar surface area (TPSA) is 33.0 Å². The largest absolute Gasteiger partial charge is 0.496 e. The number of nitriles is 1. The molecule has 1 rings (SSSR count). The molecule has 0 saturated carbocycles. The quantitative estimate of drug-likeness (QED) is 0.707. The van der Waals surface area contributed by atoms with Crippen molar-refractivity contribution in [2.75, 3.05) is 7.11 Å². The number of unbranched alkanes of at least 4 members (excludes halogenated alkanes) is 2. The van der Waals surface area contributed by atoms with Gasteiger partial charge in [-0.25, -0.2) is 0 Å². The average Bonchev–Trinajstić information content (AvgIpc) is 2.30. The van der Waals surface area contributed by atoms with Crippen molar-refractivity contribution >= 4 is 0 Å². The highest BCUT2D eigenvalue weighted by Gasteiger charge is 2.05. The molecule has 0 atom stereocenters. The maximum absolute atomic E-state index is 8.46. The summed E-state index contributed by atoms with van der Waals surface area (Å²) >= 11 is 0. The Kier molecular flexibility index (Phi) is 4.85. The van der Waals surface area contributed by atoms with E-state index in [-0.39, 0.29) is 0 Å². The second kappa shape index (κ2) is 6.17. The molecular weight excluding hydrogens is 198 g/mol. The normalized spacial score (nSPS) is 9.88. The first-order valence-corrected chi connectivity index (χ1v) is 5.70. The lowest BCUT2D eigenvalue weighted by Crippen LogP contribution is -1.96. The lowest BCUT2D eigenvalue weighted by molar-refractivity contribution is 0.411. The standard InChI is InChI=1S/C14H19NO/c1-11-12(2)14(16-3)9-8-13(11)7-5-4-6-10-15/h8-9H,4-7H2,1-3H3. The minimum Gasteiger partial charge on any atom is -0.496 e. The van der Waals surface area contributed by atoms with Gasteiger partial charge in [-0.05, 0) is 55.9 Å². The molecule has 0 aromatic heterocycles. The fraction of sp³-hybridized carbons (Fsp3) is 0.500. The Morgan fingerprint density at radius 2 is 1.94 bits per heavy atom. The molecular formula is C14H19NO. The predicted molar refractivity (Wildman–Crippen MR) is 65.6 cm³/mol. The van der Waals surface area contributed by atoms with Gasteiger partial charge in [-0.3, -0.25) is 0 Å². The number of aryl methyl sites for hydroxylation is 1. The van der Waals surface area contributed by atoms with Crippen LogP contribution in [0.4, 0.5) is 0 Å². The molecule has 0 aliphatic rings. The van der Waals surface area contributed by atoms with Gasteiger partial charge in [-0.15, -0.1) is 0 Å². The van der Waals surface area contributed by atoms with Gasteiger partial charge in [0.1, 0.15) is 5.75 Å². The maximum atomic E-state index is 8.46. The van der Waals surface area contributed by atoms with E-state index >= 15 is 0 Å². The van der Waals surface area contributed by atoms with E-state index in [1.165, 1.54) is 16.7 Å². The van der Waals surface area contributed by atoms with Crippen LogP contribution in [0.1, 0.15) is 36.0 Å². The van der Waals surface area contributed by atoms with E-state index in [1.807, 2.05) is 6.07 Å². The Morgan fingerprint density at radius 1 is 1.19 bits per heavy atom. The number of nitrogens with zero attached hydrogens (tertiary/aromatic N) is 1. The van der Waals surface area contributed by atoms with Gasteiger partial charge in [0, 0.05) is 6.42 Å². The number of benzene rings is 1. The van der Waals surface area contributed by atoms with Crippen LogP contribution in [0, 0.1) is 25.2 Å². The Balaban J connectivity index is 2.68. The summed E-state index contributed by atoms with van der Waals surface area (Å²) in [7, 11) is 1.70. The van der Waals surface area contributed by atoms with Crippen molar-refractivity contribution < 1.29 is 4.74 Å². The van der Waals surface area contributed by atoms with Crippen molar-refractivity contribution in [1.82, 2.24) is 0 Å². The smallest absolute Gasteiger partial charge is 0.122 e. The summed E-state index contributed by atoms with van der Waals surface area (Å²) in [5, 5.41) is 8.46. The predicted octanol–water partition coefficient (Wildman–Crippen LogP) is 3.55. The minimum absolute atomic E-state index is 0.661. The average molecular weight is 217 g/mol. The number of ether oxygens (including phenoxy) is 1. The number of rotatable bonds is 5. The maximum Gasteiger partial charge on any atom is 0.122 e. The zero-order chi connectivity index (χ0) is 12.0. The molecule has 0 radical (unpaired) electrons. The van der Waals surface area contributed by atoms with E-state index in [2.05, 4.69) is 26.0 Å². The molecule has 0 bridgehead atoms. The zero-order valence-corrected chi connectivity index (χ0v) is 10.3. The first kappa shape index (κ1) is 12.6. The van der Waals surface area contributed by atoms with Crippen LogP contribution in [-0.4, -0.2) is 7.11 Å². The van der Waals surface area contributed by atoms with Crippen LogP contribution in [0.25, 0.3) is 0 Å². The van der Waals surface area contributed by atoms with Crippen molar-refractivity contribution in [2.24, 2.45) is 0 Å². The number of methoxy groups -OCH3 is 1. The van der Waals surface area contributed by atoms with Gasteiger partial charge in [0.2, 0.25) is 0 Å². The molecule has 0 unspecified atom stereocenters. The molecule has 0 fully saturated rings. The first-order chi connectivity index (χ1) is 7.70. The van der Waals surface area contributed by atoms with E-state index in [0.29, 0.717) is 6.42 Å². The van der Waals surface area contributed by atoms with Gasteiger partial charge in [-0.1, -0.05) is 6.07 Å². The molecule has 2 heteroatoms. The van der Waals surface area contributed by atoms with Crippen LogP contribution in [0.3, 0.4) is 0 Å². The first-order valence-electron chi connectivity index (χ1n) is 5.70. The summed E-state index contributed by atoms with van der Waals surface area (Å²) < 4.78 is 5.28. The van der Waals surface area contributed by atoms with Gasteiger partial charge in [0.25, 0.3) is 0 Å². The van der Waals surface area contributed by atoms with Crippen LogP contribution in [0.5, 0.6) is 5.75 Å². The third-order valence-corrected chi connectivity index (χ3v) is 3.05. The molecule has 0 heterocycles. The zero-order valence-electron chi connectivity index (χ0n) is 10.3. The van der Waals surface area contributed by atoms with Gasteiger partial charge in [-0.2, -0.15) is 5.26 Å². The van der Waals surface area contributed by atoms with Crippen LogP contribution in [0.2, 0.25) is 0 Å². The fourth-order valence-electron chi connectivity index (χ4n) is 1.86. The van der Waals surface area contributed by atoms with Crippen LogP contribution in [0.15, 0.2) is 12.1 Å². The molecule has 1 aromatic carbocycles. The third-order valence-electron chi connectivity index (χ3n) is 3.05. The molecule has 16 heavy (non-hydrogen) atoms. The second-order valence-corrected chi connectivity index (χ2v) is 4.04. The van der Waals surface area contributed by atoms with Gasteiger partial charge < -0.3 is 4.74 Å². The molecule has 0 aliphatic carbocycles. The van der Waals surface area contributed by atoms with Crippen molar-refractivity contribution in [3.63, 3.8) is 0 Å². The van der Waals surface area contributed by atoms with E-state index in [1.54, 1.807) is 7.11 Å². The van der Waals surface area contributed by atoms with E-state index in [4.69, 9.17) is 10.00 Å². The summed E-state index contributed by atoms with van der Waals surface area (Å²) in [6.45, 7) is 4.23. The molecule has 2 nitrogen and oxygen atoms in total. The molecule has 0 aliphatic heterocycles. The summed E-state index contributed by atoms with van der Waals surface area (Å²) in [6, 6.07) is 6.34. The van der Waals surface area contributed by atoms with Gasteiger partial charge in [0.15, 0.2) is 0 Å². The monoisotopic (exact) mass is 217 g/mol. The summed E-state index contributed by atoms with van der Waals surface area (Å²) in [5.74, 6) is 0.957. The number of hydrogen-bond donors (Lipinski definition) is 0. The van der Waals surface area contributed by atoms with E-state index < -0.39 is 0 Å². The summed E-state index contributed by atoms with van der Waals surface area (Å²) in [4.78, 5) is 0. The van der Waals surface area contributed by atoms with Crippen molar-refractivity contribution in [3.8, 4) is 11.8 Å². The lowest BCUT2D eigenvalue weighted by Gasteiger charge is -2.12. The Hall–Kier alpha value is -1.49. The Morgan fingerprint density at radius 3 is 2.56 bits per heavy atom. The highest BCUT2D eigenvalue weighted by molar-refractivity contribution is 5.43. The molecule has 0 amide bonds. The van der Waals surface area contributed by atoms with Crippen molar-refractivity contribution in [3.05, 3.63) is 28.8 Å². The van der Waals surface area contributed by atoms with Gasteiger partial charge in [0.05, 0.1) is 13.2 Å². The summed E-state index contributed by atoms with van der Waals surface area (Å²) in [6.07, 6.45) is 3.79. The molecule has 0 saturated heterocycles. The highest BCUT2D eigenvalue weighted by Crippen LogP contribution is 2.24. The third kappa shape index (κ3) is 3.00. The van der Waals surface area contributed by atoms with Crippen LogP contribution in [-0.2, 0) is 6.42 Å². The van der Waals surface area contributed by atoms with Gasteiger partial charge >= 0.3 is 0 Å². The van der Waals surface area contributed by atoms with Crippen LogP contribution >= 0.6 is 0 Å². The van der Waals surface area contributed by atoms with Crippen molar-refractivity contribution in [2.45, 2.75) is 39.5 Å². The Bertz CT molecular complexity index is 390. The van der Waals surface area contributed by atoms with Crippen LogP contribution < -0.4 is 4.74 Å². The molecule has 1 aromatic rings. The van der Waals surface area contributed by atoms with Crippen molar-refractivity contribution in [1.29, 1.82) is 5.26 Å². The second-order valence-electron chi connectivity index (χ2n) is 4.04. The molecule has 0 N–H and O–H groups in total. The lowest BCUT2D eigenvalue weighted by atomic mass is 9.98. The highest BCUT2D eigenvalue weighted by atomic mass is 16.5.